The summed E-state index contributed by atoms with van der Waals surface area (Å²) in [5.41, 5.74) is 3.06. The number of hydrogen-bond acceptors (Lipinski definition) is 3. The molecule has 0 N–H and O–H groups in total. The molecule has 1 heterocycles. The summed E-state index contributed by atoms with van der Waals surface area (Å²) >= 11 is 0. The molecule has 3 aromatic carbocycles. The fourth-order valence-electron chi connectivity index (χ4n) is 6.29. The summed E-state index contributed by atoms with van der Waals surface area (Å²) in [5, 5.41) is 0. The maximum absolute atomic E-state index is 13.7. The van der Waals surface area contributed by atoms with Gasteiger partial charge in [-0.15, -0.1) is 0 Å². The van der Waals surface area contributed by atoms with E-state index in [2.05, 4.69) is 48.5 Å². The van der Waals surface area contributed by atoms with Gasteiger partial charge in [0.25, 0.3) is 0 Å². The molecule has 1 aliphatic carbocycles. The second-order valence-corrected chi connectivity index (χ2v) is 9.59. The molecule has 0 spiro atoms. The number of fused-ring (bicyclic) bond motifs is 1. The molecule has 1 saturated carbocycles. The first kappa shape index (κ1) is 22.4. The molecule has 3 atom stereocenters. The van der Waals surface area contributed by atoms with E-state index in [0.29, 0.717) is 19.5 Å². The van der Waals surface area contributed by atoms with Crippen LogP contribution >= 0.6 is 0 Å². The van der Waals surface area contributed by atoms with Gasteiger partial charge in [-0.3, -0.25) is 9.59 Å². The number of nitrogens with zero attached hydrogens (tertiary/aromatic N) is 1. The third-order valence-corrected chi connectivity index (χ3v) is 8.00. The lowest BCUT2D eigenvalue weighted by molar-refractivity contribution is -0.131. The van der Waals surface area contributed by atoms with Gasteiger partial charge in [-0.25, -0.2) is 0 Å². The molecule has 4 nitrogen and oxygen atoms in total. The average molecular weight is 454 g/mol. The maximum Gasteiger partial charge on any atom is 0.230 e. The summed E-state index contributed by atoms with van der Waals surface area (Å²) < 4.78 is 5.51. The smallest absolute Gasteiger partial charge is 0.230 e. The summed E-state index contributed by atoms with van der Waals surface area (Å²) in [6.45, 7) is 3.01. The Morgan fingerprint density at radius 1 is 0.912 bits per heavy atom. The molecule has 3 aromatic rings. The minimum absolute atomic E-state index is 0.0485. The summed E-state index contributed by atoms with van der Waals surface area (Å²) in [7, 11) is 1.63. The van der Waals surface area contributed by atoms with Crippen LogP contribution in [-0.4, -0.2) is 36.8 Å². The summed E-state index contributed by atoms with van der Waals surface area (Å²) in [4.78, 5) is 28.8. The van der Waals surface area contributed by atoms with Crippen LogP contribution in [0.2, 0.25) is 0 Å². The Morgan fingerprint density at radius 3 is 2.12 bits per heavy atom. The molecule has 174 valence electrons. The van der Waals surface area contributed by atoms with Crippen molar-refractivity contribution in [2.24, 2.45) is 11.8 Å². The molecule has 0 bridgehead atoms. The van der Waals surface area contributed by atoms with Gasteiger partial charge >= 0.3 is 0 Å². The van der Waals surface area contributed by atoms with E-state index in [1.54, 1.807) is 7.11 Å². The van der Waals surface area contributed by atoms with Crippen molar-refractivity contribution in [3.63, 3.8) is 0 Å². The van der Waals surface area contributed by atoms with Crippen molar-refractivity contribution in [1.29, 1.82) is 0 Å². The van der Waals surface area contributed by atoms with Gasteiger partial charge in [-0.2, -0.15) is 0 Å². The predicted molar refractivity (Wildman–Crippen MR) is 133 cm³/mol. The minimum Gasteiger partial charge on any atom is -0.496 e. The Kier molecular flexibility index (Phi) is 5.99. The van der Waals surface area contributed by atoms with Crippen molar-refractivity contribution < 1.29 is 14.3 Å². The van der Waals surface area contributed by atoms with Crippen molar-refractivity contribution in [2.75, 3.05) is 20.2 Å². The first-order chi connectivity index (χ1) is 16.6. The van der Waals surface area contributed by atoms with Crippen molar-refractivity contribution in [1.82, 2.24) is 4.90 Å². The van der Waals surface area contributed by atoms with E-state index >= 15 is 0 Å². The van der Waals surface area contributed by atoms with Gasteiger partial charge in [0.2, 0.25) is 5.91 Å². The van der Waals surface area contributed by atoms with E-state index in [4.69, 9.17) is 4.74 Å². The number of ketones is 1. The molecule has 2 aliphatic rings. The number of methoxy groups -OCH3 is 1. The number of ether oxygens (including phenoxy) is 1. The number of amides is 1. The standard InChI is InChI=1S/C30H31NO3/c1-21(24-15-9-10-16-28(24)34-2)29(33)31-19-25-26(20-31)30(18-17-27(25)32,22-11-5-3-6-12-22)23-13-7-4-8-14-23/h3-16,21,25-26H,17-20H2,1-2H3/t21-,25+,26-/m1/s1. The van der Waals surface area contributed by atoms with Gasteiger partial charge < -0.3 is 9.64 Å². The Balaban J connectivity index is 1.53. The number of carbonyl (C=O) groups is 2. The van der Waals surface area contributed by atoms with Gasteiger partial charge in [0.05, 0.1) is 13.0 Å². The van der Waals surface area contributed by atoms with Crippen LogP contribution in [0.4, 0.5) is 0 Å². The van der Waals surface area contributed by atoms with Crippen molar-refractivity contribution in [3.05, 3.63) is 102 Å². The van der Waals surface area contributed by atoms with Gasteiger partial charge in [0.15, 0.2) is 0 Å². The number of benzene rings is 3. The highest BCUT2D eigenvalue weighted by atomic mass is 16.5. The van der Waals surface area contributed by atoms with E-state index in [9.17, 15) is 9.59 Å². The summed E-state index contributed by atoms with van der Waals surface area (Å²) in [6.07, 6.45) is 1.31. The first-order valence-electron chi connectivity index (χ1n) is 12.1. The molecule has 0 aromatic heterocycles. The van der Waals surface area contributed by atoms with Crippen molar-refractivity contribution >= 4 is 11.7 Å². The third kappa shape index (κ3) is 3.62. The van der Waals surface area contributed by atoms with Gasteiger partial charge in [-0.1, -0.05) is 78.9 Å². The summed E-state index contributed by atoms with van der Waals surface area (Å²) in [6, 6.07) is 28.8. The molecule has 2 fully saturated rings. The average Bonchev–Trinajstić information content (AvgIpc) is 3.36. The lowest BCUT2D eigenvalue weighted by atomic mass is 9.56. The van der Waals surface area contributed by atoms with Crippen molar-refractivity contribution in [3.8, 4) is 5.75 Å². The number of likely N-dealkylation sites (tertiary alicyclic amines) is 1. The Labute approximate surface area is 201 Å². The van der Waals surface area contributed by atoms with E-state index in [1.165, 1.54) is 11.1 Å². The van der Waals surface area contributed by atoms with Gasteiger partial charge in [-0.05, 0) is 30.5 Å². The van der Waals surface area contributed by atoms with E-state index in [1.807, 2.05) is 48.2 Å². The largest absolute Gasteiger partial charge is 0.496 e. The van der Waals surface area contributed by atoms with Crippen LogP contribution in [-0.2, 0) is 15.0 Å². The van der Waals surface area contributed by atoms with Crippen LogP contribution in [0.1, 0.15) is 42.4 Å². The lowest BCUT2D eigenvalue weighted by Crippen LogP contribution is -2.47. The fourth-order valence-corrected chi connectivity index (χ4v) is 6.29. The zero-order chi connectivity index (χ0) is 23.7. The molecule has 1 amide bonds. The molecular weight excluding hydrogens is 422 g/mol. The topological polar surface area (TPSA) is 46.6 Å². The number of hydrogen-bond donors (Lipinski definition) is 0. The molecule has 1 aliphatic heterocycles. The Morgan fingerprint density at radius 2 is 1.50 bits per heavy atom. The Bertz CT molecular complexity index is 1130. The molecule has 4 heteroatoms. The van der Waals surface area contributed by atoms with Crippen LogP contribution in [0.15, 0.2) is 84.9 Å². The summed E-state index contributed by atoms with van der Waals surface area (Å²) in [5.74, 6) is 0.623. The number of Topliss-reactive ketones (excluding diaryl/α,β-unsaturated/α-hetero) is 1. The fraction of sp³-hybridized carbons (Fsp3) is 0.333. The monoisotopic (exact) mass is 453 g/mol. The van der Waals surface area contributed by atoms with Crippen LogP contribution in [0.5, 0.6) is 5.75 Å². The third-order valence-electron chi connectivity index (χ3n) is 8.00. The lowest BCUT2D eigenvalue weighted by Gasteiger charge is -2.45. The van der Waals surface area contributed by atoms with Crippen LogP contribution in [0.25, 0.3) is 0 Å². The van der Waals surface area contributed by atoms with Gasteiger partial charge in [0.1, 0.15) is 11.5 Å². The minimum atomic E-state index is -0.339. The second kappa shape index (κ2) is 9.09. The van der Waals surface area contributed by atoms with Gasteiger partial charge in [0, 0.05) is 42.3 Å². The van der Waals surface area contributed by atoms with Crippen LogP contribution in [0, 0.1) is 11.8 Å². The number of rotatable bonds is 5. The Hall–Kier alpha value is -3.40. The second-order valence-electron chi connectivity index (χ2n) is 9.59. The molecule has 34 heavy (non-hydrogen) atoms. The zero-order valence-corrected chi connectivity index (χ0v) is 19.8. The van der Waals surface area contributed by atoms with Crippen LogP contribution < -0.4 is 4.74 Å². The highest BCUT2D eigenvalue weighted by Crippen LogP contribution is 2.52. The molecule has 0 radical (unpaired) electrons. The number of carbonyl (C=O) groups excluding carboxylic acids is 2. The molecule has 0 unspecified atom stereocenters. The highest BCUT2D eigenvalue weighted by molar-refractivity contribution is 5.88. The quantitative estimate of drug-likeness (QED) is 0.532. The predicted octanol–water partition coefficient (Wildman–Crippen LogP) is 5.22. The zero-order valence-electron chi connectivity index (χ0n) is 19.8. The normalized spacial score (nSPS) is 22.2. The first-order valence-corrected chi connectivity index (χ1v) is 12.1. The van der Waals surface area contributed by atoms with E-state index in [-0.39, 0.29) is 34.9 Å². The molecule has 5 rings (SSSR count). The molecular formula is C30H31NO3. The maximum atomic E-state index is 13.7. The molecule has 1 saturated heterocycles. The van der Waals surface area contributed by atoms with E-state index in [0.717, 1.165) is 17.7 Å². The SMILES string of the molecule is COc1ccccc1[C@@H](C)C(=O)N1C[C@@H]2C(=O)CCC(c3ccccc3)(c3ccccc3)[C@@H]2C1. The number of para-hydroxylation sites is 1. The highest BCUT2D eigenvalue weighted by Gasteiger charge is 2.55. The van der Waals surface area contributed by atoms with Crippen LogP contribution in [0.3, 0.4) is 0 Å². The van der Waals surface area contributed by atoms with E-state index < -0.39 is 0 Å². The van der Waals surface area contributed by atoms with Crippen molar-refractivity contribution in [2.45, 2.75) is 31.1 Å².